The molecule has 0 aromatic heterocycles. The maximum Gasteiger partial charge on any atom is 0.123 e. The zero-order valence-electron chi connectivity index (χ0n) is 10.8. The fraction of sp³-hybridized carbons (Fsp3) is 0.571. The minimum atomic E-state index is -0.425. The largest absolute Gasteiger partial charge is 0.496 e. The van der Waals surface area contributed by atoms with Crippen LogP contribution >= 0.6 is 0 Å². The molecule has 1 aromatic rings. The van der Waals surface area contributed by atoms with Gasteiger partial charge in [-0.1, -0.05) is 6.07 Å². The van der Waals surface area contributed by atoms with Gasteiger partial charge in [0.2, 0.25) is 0 Å². The summed E-state index contributed by atoms with van der Waals surface area (Å²) in [5, 5.41) is 9.61. The van der Waals surface area contributed by atoms with Gasteiger partial charge in [-0.05, 0) is 44.5 Å². The van der Waals surface area contributed by atoms with Gasteiger partial charge in [-0.2, -0.15) is 0 Å². The highest BCUT2D eigenvalue weighted by atomic mass is 16.5. The van der Waals surface area contributed by atoms with Crippen LogP contribution in [0.15, 0.2) is 18.2 Å². The first-order valence-corrected chi connectivity index (χ1v) is 6.17. The first-order chi connectivity index (χ1) is 8.11. The van der Waals surface area contributed by atoms with Crippen molar-refractivity contribution in [2.75, 3.05) is 14.2 Å². The molecule has 17 heavy (non-hydrogen) atoms. The highest BCUT2D eigenvalue weighted by Gasteiger charge is 2.26. The number of rotatable bonds is 5. The van der Waals surface area contributed by atoms with Crippen molar-refractivity contribution in [3.05, 3.63) is 29.3 Å². The van der Waals surface area contributed by atoms with Gasteiger partial charge >= 0.3 is 0 Å². The van der Waals surface area contributed by atoms with Crippen LogP contribution in [0.25, 0.3) is 0 Å². The lowest BCUT2D eigenvalue weighted by molar-refractivity contribution is 0.199. The second-order valence-electron chi connectivity index (χ2n) is 4.89. The molecule has 0 heterocycles. The molecule has 0 amide bonds. The zero-order valence-corrected chi connectivity index (χ0v) is 10.8. The molecule has 1 aliphatic rings. The molecule has 0 radical (unpaired) electrons. The van der Waals surface area contributed by atoms with E-state index in [4.69, 9.17) is 4.74 Å². The minimum Gasteiger partial charge on any atom is -0.496 e. The van der Waals surface area contributed by atoms with Gasteiger partial charge in [0.05, 0.1) is 13.2 Å². The fourth-order valence-electron chi connectivity index (χ4n) is 2.10. The Hall–Kier alpha value is -1.06. The normalized spacial score (nSPS) is 17.2. The molecular weight excluding hydrogens is 214 g/mol. The molecule has 1 aromatic carbocycles. The average molecular weight is 235 g/mol. The van der Waals surface area contributed by atoms with Gasteiger partial charge in [0.1, 0.15) is 5.75 Å². The summed E-state index contributed by atoms with van der Waals surface area (Å²) in [7, 11) is 3.84. The SMILES string of the molecule is COc1ccc(C(C)O)cc1CN(C)C1CC1. The second kappa shape index (κ2) is 5.07. The van der Waals surface area contributed by atoms with Crippen LogP contribution in [0.1, 0.15) is 37.0 Å². The maximum atomic E-state index is 9.61. The topological polar surface area (TPSA) is 32.7 Å². The molecule has 1 N–H and O–H groups in total. The summed E-state index contributed by atoms with van der Waals surface area (Å²) >= 11 is 0. The van der Waals surface area contributed by atoms with E-state index in [0.717, 1.165) is 29.5 Å². The van der Waals surface area contributed by atoms with Crippen molar-refractivity contribution in [2.45, 2.75) is 38.5 Å². The van der Waals surface area contributed by atoms with E-state index in [2.05, 4.69) is 11.9 Å². The summed E-state index contributed by atoms with van der Waals surface area (Å²) in [5.74, 6) is 0.905. The van der Waals surface area contributed by atoms with E-state index < -0.39 is 6.10 Å². The summed E-state index contributed by atoms with van der Waals surface area (Å²) in [5.41, 5.74) is 2.10. The molecule has 0 bridgehead atoms. The molecule has 0 aliphatic heterocycles. The average Bonchev–Trinajstić information content (AvgIpc) is 3.12. The Labute approximate surface area is 103 Å². The number of benzene rings is 1. The quantitative estimate of drug-likeness (QED) is 0.850. The third-order valence-corrected chi connectivity index (χ3v) is 3.38. The van der Waals surface area contributed by atoms with Crippen molar-refractivity contribution in [1.82, 2.24) is 4.90 Å². The van der Waals surface area contributed by atoms with Gasteiger partial charge in [0.15, 0.2) is 0 Å². The monoisotopic (exact) mass is 235 g/mol. The van der Waals surface area contributed by atoms with E-state index in [1.54, 1.807) is 14.0 Å². The third-order valence-electron chi connectivity index (χ3n) is 3.38. The number of aliphatic hydroxyl groups is 1. The van der Waals surface area contributed by atoms with E-state index in [1.807, 2.05) is 18.2 Å². The summed E-state index contributed by atoms with van der Waals surface area (Å²) in [6.45, 7) is 2.67. The zero-order chi connectivity index (χ0) is 12.4. The Bertz CT molecular complexity index is 386. The Morgan fingerprint density at radius 1 is 1.47 bits per heavy atom. The molecule has 2 rings (SSSR count). The van der Waals surface area contributed by atoms with Crippen LogP contribution in [-0.4, -0.2) is 30.2 Å². The van der Waals surface area contributed by atoms with E-state index in [0.29, 0.717) is 0 Å². The number of nitrogens with zero attached hydrogens (tertiary/aromatic N) is 1. The Balaban J connectivity index is 2.18. The standard InChI is InChI=1S/C14H21NO2/c1-10(16)11-4-7-14(17-3)12(8-11)9-15(2)13-5-6-13/h4,7-8,10,13,16H,5-6,9H2,1-3H3. The number of ether oxygens (including phenoxy) is 1. The molecule has 94 valence electrons. The van der Waals surface area contributed by atoms with Crippen LogP contribution in [0, 0.1) is 0 Å². The summed E-state index contributed by atoms with van der Waals surface area (Å²) in [6, 6.07) is 6.64. The lowest BCUT2D eigenvalue weighted by Gasteiger charge is -2.19. The first kappa shape index (κ1) is 12.4. The molecule has 1 unspecified atom stereocenters. The number of methoxy groups -OCH3 is 1. The fourth-order valence-corrected chi connectivity index (χ4v) is 2.10. The van der Waals surface area contributed by atoms with Crippen molar-refractivity contribution >= 4 is 0 Å². The van der Waals surface area contributed by atoms with Gasteiger partial charge < -0.3 is 9.84 Å². The van der Waals surface area contributed by atoms with Crippen molar-refractivity contribution in [1.29, 1.82) is 0 Å². The first-order valence-electron chi connectivity index (χ1n) is 6.17. The van der Waals surface area contributed by atoms with Crippen LogP contribution in [0.2, 0.25) is 0 Å². The molecule has 0 spiro atoms. The number of hydrogen-bond acceptors (Lipinski definition) is 3. The smallest absolute Gasteiger partial charge is 0.123 e. The molecule has 3 nitrogen and oxygen atoms in total. The maximum absolute atomic E-state index is 9.61. The molecule has 0 saturated heterocycles. The number of hydrogen-bond donors (Lipinski definition) is 1. The van der Waals surface area contributed by atoms with Gasteiger partial charge in [-0.25, -0.2) is 0 Å². The predicted octanol–water partition coefficient (Wildman–Crippen LogP) is 2.34. The van der Waals surface area contributed by atoms with E-state index in [1.165, 1.54) is 12.8 Å². The van der Waals surface area contributed by atoms with Crippen LogP contribution in [-0.2, 0) is 6.54 Å². The molecule has 1 fully saturated rings. The number of aliphatic hydroxyl groups excluding tert-OH is 1. The van der Waals surface area contributed by atoms with E-state index in [9.17, 15) is 5.11 Å². The molecule has 1 saturated carbocycles. The van der Waals surface area contributed by atoms with Gasteiger partial charge in [0.25, 0.3) is 0 Å². The molecular formula is C14H21NO2. The minimum absolute atomic E-state index is 0.425. The lowest BCUT2D eigenvalue weighted by Crippen LogP contribution is -2.20. The highest BCUT2D eigenvalue weighted by molar-refractivity contribution is 5.38. The Morgan fingerprint density at radius 3 is 2.71 bits per heavy atom. The van der Waals surface area contributed by atoms with Crippen molar-refractivity contribution < 1.29 is 9.84 Å². The predicted molar refractivity (Wildman–Crippen MR) is 68.1 cm³/mol. The summed E-state index contributed by atoms with van der Waals surface area (Å²) < 4.78 is 5.37. The molecule has 1 atom stereocenters. The second-order valence-corrected chi connectivity index (χ2v) is 4.89. The lowest BCUT2D eigenvalue weighted by atomic mass is 10.1. The van der Waals surface area contributed by atoms with Gasteiger partial charge in [0, 0.05) is 18.2 Å². The van der Waals surface area contributed by atoms with Crippen LogP contribution in [0.4, 0.5) is 0 Å². The van der Waals surface area contributed by atoms with Crippen molar-refractivity contribution in [3.63, 3.8) is 0 Å². The van der Waals surface area contributed by atoms with Crippen molar-refractivity contribution in [2.24, 2.45) is 0 Å². The summed E-state index contributed by atoms with van der Waals surface area (Å²) in [4.78, 5) is 2.35. The van der Waals surface area contributed by atoms with Gasteiger partial charge in [-0.3, -0.25) is 4.90 Å². The third kappa shape index (κ3) is 2.99. The van der Waals surface area contributed by atoms with Crippen LogP contribution in [0.5, 0.6) is 5.75 Å². The Kier molecular flexibility index (Phi) is 3.69. The van der Waals surface area contributed by atoms with Crippen LogP contribution < -0.4 is 4.74 Å². The van der Waals surface area contributed by atoms with Gasteiger partial charge in [-0.15, -0.1) is 0 Å². The van der Waals surface area contributed by atoms with Crippen molar-refractivity contribution in [3.8, 4) is 5.75 Å². The van der Waals surface area contributed by atoms with E-state index in [-0.39, 0.29) is 0 Å². The Morgan fingerprint density at radius 2 is 2.18 bits per heavy atom. The van der Waals surface area contributed by atoms with Crippen LogP contribution in [0.3, 0.4) is 0 Å². The summed E-state index contributed by atoms with van der Waals surface area (Å²) in [6.07, 6.45) is 2.18. The highest BCUT2D eigenvalue weighted by Crippen LogP contribution is 2.30. The van der Waals surface area contributed by atoms with E-state index >= 15 is 0 Å². The molecule has 3 heteroatoms. The molecule has 1 aliphatic carbocycles.